The normalized spacial score (nSPS) is 20.5. The summed E-state index contributed by atoms with van der Waals surface area (Å²) in [5, 5.41) is 4.09. The SMILES string of the molecule is COC(=O)C1NNCC1CN(C)Cc1cc(-c2cccnc2)no1. The molecule has 128 valence electrons. The highest BCUT2D eigenvalue weighted by molar-refractivity contribution is 5.76. The Kier molecular flexibility index (Phi) is 5.19. The van der Waals surface area contributed by atoms with Crippen molar-refractivity contribution in [1.82, 2.24) is 25.9 Å². The molecule has 2 unspecified atom stereocenters. The molecule has 1 fully saturated rings. The molecule has 8 heteroatoms. The van der Waals surface area contributed by atoms with Crippen molar-refractivity contribution in [2.75, 3.05) is 27.2 Å². The molecule has 1 aliphatic heterocycles. The number of nitrogens with one attached hydrogen (secondary N) is 2. The highest BCUT2D eigenvalue weighted by Crippen LogP contribution is 2.19. The monoisotopic (exact) mass is 331 g/mol. The zero-order valence-corrected chi connectivity index (χ0v) is 13.7. The van der Waals surface area contributed by atoms with Crippen LogP contribution >= 0.6 is 0 Å². The van der Waals surface area contributed by atoms with Crippen LogP contribution in [0.3, 0.4) is 0 Å². The first kappa shape index (κ1) is 16.6. The van der Waals surface area contributed by atoms with E-state index < -0.39 is 0 Å². The minimum Gasteiger partial charge on any atom is -0.468 e. The number of nitrogens with zero attached hydrogens (tertiary/aromatic N) is 3. The molecule has 0 spiro atoms. The van der Waals surface area contributed by atoms with E-state index >= 15 is 0 Å². The van der Waals surface area contributed by atoms with Gasteiger partial charge in [-0.2, -0.15) is 0 Å². The number of hydrogen-bond acceptors (Lipinski definition) is 8. The summed E-state index contributed by atoms with van der Waals surface area (Å²) in [4.78, 5) is 17.9. The number of carbonyl (C=O) groups excluding carboxylic acids is 1. The van der Waals surface area contributed by atoms with Gasteiger partial charge in [-0.1, -0.05) is 5.16 Å². The lowest BCUT2D eigenvalue weighted by Gasteiger charge is -2.22. The van der Waals surface area contributed by atoms with Crippen LogP contribution in [0, 0.1) is 5.92 Å². The molecule has 1 aliphatic rings. The number of aromatic nitrogens is 2. The molecule has 0 saturated carbocycles. The number of pyridine rings is 1. The van der Waals surface area contributed by atoms with Crippen molar-refractivity contribution < 1.29 is 14.1 Å². The van der Waals surface area contributed by atoms with Crippen LogP contribution in [0.15, 0.2) is 35.1 Å². The molecule has 2 aromatic heterocycles. The van der Waals surface area contributed by atoms with Crippen LogP contribution < -0.4 is 10.9 Å². The number of ether oxygens (including phenoxy) is 1. The number of hydrazine groups is 1. The van der Waals surface area contributed by atoms with Gasteiger partial charge < -0.3 is 9.26 Å². The van der Waals surface area contributed by atoms with Crippen LogP contribution in [-0.2, 0) is 16.1 Å². The van der Waals surface area contributed by atoms with Gasteiger partial charge in [-0.05, 0) is 19.2 Å². The molecule has 1 saturated heterocycles. The Bertz CT molecular complexity index is 675. The maximum atomic E-state index is 11.7. The number of rotatable bonds is 6. The van der Waals surface area contributed by atoms with Crippen LogP contribution in [-0.4, -0.2) is 54.3 Å². The van der Waals surface area contributed by atoms with Crippen LogP contribution in [0.2, 0.25) is 0 Å². The summed E-state index contributed by atoms with van der Waals surface area (Å²) in [5.74, 6) is 0.644. The largest absolute Gasteiger partial charge is 0.468 e. The van der Waals surface area contributed by atoms with Gasteiger partial charge >= 0.3 is 5.97 Å². The van der Waals surface area contributed by atoms with E-state index in [1.165, 1.54) is 7.11 Å². The Morgan fingerprint density at radius 2 is 2.42 bits per heavy atom. The van der Waals surface area contributed by atoms with Gasteiger partial charge in [-0.3, -0.25) is 20.1 Å². The second-order valence-electron chi connectivity index (χ2n) is 5.90. The fraction of sp³-hybridized carbons (Fsp3) is 0.438. The van der Waals surface area contributed by atoms with E-state index in [1.54, 1.807) is 12.4 Å². The van der Waals surface area contributed by atoms with Crippen molar-refractivity contribution in [1.29, 1.82) is 0 Å². The number of carbonyl (C=O) groups is 1. The van der Waals surface area contributed by atoms with Crippen LogP contribution in [0.25, 0.3) is 11.3 Å². The first-order chi connectivity index (χ1) is 11.7. The van der Waals surface area contributed by atoms with Gasteiger partial charge in [0.2, 0.25) is 0 Å². The van der Waals surface area contributed by atoms with E-state index in [4.69, 9.17) is 9.26 Å². The van der Waals surface area contributed by atoms with Crippen molar-refractivity contribution in [2.45, 2.75) is 12.6 Å². The number of esters is 1. The van der Waals surface area contributed by atoms with E-state index in [-0.39, 0.29) is 17.9 Å². The Labute approximate surface area is 140 Å². The Morgan fingerprint density at radius 3 is 3.17 bits per heavy atom. The summed E-state index contributed by atoms with van der Waals surface area (Å²) in [6.45, 7) is 2.04. The second kappa shape index (κ2) is 7.52. The predicted molar refractivity (Wildman–Crippen MR) is 86.5 cm³/mol. The van der Waals surface area contributed by atoms with E-state index in [0.717, 1.165) is 23.6 Å². The first-order valence-corrected chi connectivity index (χ1v) is 7.78. The third-order valence-electron chi connectivity index (χ3n) is 4.04. The fourth-order valence-corrected chi connectivity index (χ4v) is 2.85. The average Bonchev–Trinajstić information content (AvgIpc) is 3.24. The van der Waals surface area contributed by atoms with Crippen molar-refractivity contribution in [3.8, 4) is 11.3 Å². The standard InChI is InChI=1S/C16H21N5O3/c1-21(9-12-8-18-19-15(12)16(22)23-2)10-13-6-14(20-24-13)11-4-3-5-17-7-11/h3-7,12,15,18-19H,8-10H2,1-2H3. The summed E-state index contributed by atoms with van der Waals surface area (Å²) in [6.07, 6.45) is 3.47. The molecule has 0 amide bonds. The Hall–Kier alpha value is -2.29. The molecule has 24 heavy (non-hydrogen) atoms. The third kappa shape index (κ3) is 3.78. The van der Waals surface area contributed by atoms with Crippen LogP contribution in [0.1, 0.15) is 5.76 Å². The van der Waals surface area contributed by atoms with Gasteiger partial charge in [0, 0.05) is 43.0 Å². The maximum Gasteiger partial charge on any atom is 0.324 e. The molecule has 0 aliphatic carbocycles. The molecule has 0 radical (unpaired) electrons. The lowest BCUT2D eigenvalue weighted by Crippen LogP contribution is -2.42. The maximum absolute atomic E-state index is 11.7. The van der Waals surface area contributed by atoms with E-state index in [9.17, 15) is 4.79 Å². The number of hydrogen-bond donors (Lipinski definition) is 2. The summed E-state index contributed by atoms with van der Waals surface area (Å²) in [5.41, 5.74) is 7.66. The van der Waals surface area contributed by atoms with Crippen LogP contribution in [0.5, 0.6) is 0 Å². The predicted octanol–water partition coefficient (Wildman–Crippen LogP) is 0.434. The molecule has 2 N–H and O–H groups in total. The van der Waals surface area contributed by atoms with E-state index in [1.807, 2.05) is 25.2 Å². The van der Waals surface area contributed by atoms with Gasteiger partial charge in [0.15, 0.2) is 5.76 Å². The summed E-state index contributed by atoms with van der Waals surface area (Å²) >= 11 is 0. The lowest BCUT2D eigenvalue weighted by molar-refractivity contribution is -0.143. The Balaban J connectivity index is 1.58. The molecule has 2 atom stereocenters. The van der Waals surface area contributed by atoms with Crippen molar-refractivity contribution >= 4 is 5.97 Å². The topological polar surface area (TPSA) is 92.5 Å². The molecule has 8 nitrogen and oxygen atoms in total. The zero-order chi connectivity index (χ0) is 16.9. The van der Waals surface area contributed by atoms with Gasteiger partial charge in [0.05, 0.1) is 13.7 Å². The van der Waals surface area contributed by atoms with Gasteiger partial charge in [-0.15, -0.1) is 0 Å². The summed E-state index contributed by atoms with van der Waals surface area (Å²) < 4.78 is 10.2. The van der Waals surface area contributed by atoms with Crippen molar-refractivity contribution in [2.24, 2.45) is 5.92 Å². The number of methoxy groups -OCH3 is 1. The van der Waals surface area contributed by atoms with Gasteiger partial charge in [-0.25, -0.2) is 5.43 Å². The highest BCUT2D eigenvalue weighted by Gasteiger charge is 2.34. The average molecular weight is 331 g/mol. The molecular formula is C16H21N5O3. The second-order valence-corrected chi connectivity index (χ2v) is 5.90. The fourth-order valence-electron chi connectivity index (χ4n) is 2.85. The van der Waals surface area contributed by atoms with Gasteiger partial charge in [0.25, 0.3) is 0 Å². The highest BCUT2D eigenvalue weighted by atomic mass is 16.5. The molecule has 2 aromatic rings. The third-order valence-corrected chi connectivity index (χ3v) is 4.04. The van der Waals surface area contributed by atoms with Crippen LogP contribution in [0.4, 0.5) is 0 Å². The molecular weight excluding hydrogens is 310 g/mol. The first-order valence-electron chi connectivity index (χ1n) is 7.78. The minimum absolute atomic E-state index is 0.128. The van der Waals surface area contributed by atoms with Gasteiger partial charge in [0.1, 0.15) is 11.7 Å². The summed E-state index contributed by atoms with van der Waals surface area (Å²) in [6, 6.07) is 5.38. The smallest absolute Gasteiger partial charge is 0.324 e. The quantitative estimate of drug-likeness (QED) is 0.737. The van der Waals surface area contributed by atoms with E-state index in [2.05, 4.69) is 25.9 Å². The Morgan fingerprint density at radius 1 is 1.54 bits per heavy atom. The molecule has 0 aromatic carbocycles. The van der Waals surface area contributed by atoms with Crippen molar-refractivity contribution in [3.63, 3.8) is 0 Å². The molecule has 0 bridgehead atoms. The summed E-state index contributed by atoms with van der Waals surface area (Å²) in [7, 11) is 3.39. The van der Waals surface area contributed by atoms with Crippen molar-refractivity contribution in [3.05, 3.63) is 36.4 Å². The minimum atomic E-state index is -0.335. The van der Waals surface area contributed by atoms with E-state index in [0.29, 0.717) is 13.1 Å². The molecule has 3 heterocycles. The lowest BCUT2D eigenvalue weighted by atomic mass is 10.0. The zero-order valence-electron chi connectivity index (χ0n) is 13.7. The molecule has 3 rings (SSSR count).